The van der Waals surface area contributed by atoms with Crippen molar-refractivity contribution >= 4 is 0 Å². The van der Waals surface area contributed by atoms with E-state index in [1.165, 1.54) is 44.9 Å². The number of rotatable bonds is 0. The molecule has 120 valence electrons. The van der Waals surface area contributed by atoms with Crippen molar-refractivity contribution in [1.29, 1.82) is 0 Å². The van der Waals surface area contributed by atoms with E-state index in [2.05, 4.69) is 13.8 Å². The molecule has 0 aromatic heterocycles. The van der Waals surface area contributed by atoms with Gasteiger partial charge >= 0.3 is 0 Å². The predicted octanol–water partition coefficient (Wildman–Crippen LogP) is 4.16. The Morgan fingerprint density at radius 1 is 0.952 bits per heavy atom. The highest BCUT2D eigenvalue weighted by atomic mass is 16.5. The van der Waals surface area contributed by atoms with Crippen LogP contribution in [0.3, 0.4) is 0 Å². The third-order valence-corrected chi connectivity index (χ3v) is 8.06. The number of hydrogen-bond donors (Lipinski definition) is 1. The van der Waals surface area contributed by atoms with Crippen LogP contribution in [-0.2, 0) is 4.74 Å². The number of aliphatic hydroxyl groups is 1. The molecule has 0 bridgehead atoms. The Kier molecular flexibility index (Phi) is 3.43. The van der Waals surface area contributed by atoms with Gasteiger partial charge in [-0.25, -0.2) is 0 Å². The lowest BCUT2D eigenvalue weighted by molar-refractivity contribution is -0.195. The molecule has 3 saturated carbocycles. The fraction of sp³-hybridized carbons (Fsp3) is 1.00. The number of ether oxygens (including phenoxy) is 1. The molecule has 21 heavy (non-hydrogen) atoms. The molecule has 3 aliphatic carbocycles. The van der Waals surface area contributed by atoms with Gasteiger partial charge in [-0.05, 0) is 93.8 Å². The summed E-state index contributed by atoms with van der Waals surface area (Å²) in [6.45, 7) is 5.94. The molecular weight excluding hydrogens is 260 g/mol. The topological polar surface area (TPSA) is 29.5 Å². The summed E-state index contributed by atoms with van der Waals surface area (Å²) in [5.74, 6) is 3.36. The summed E-state index contributed by atoms with van der Waals surface area (Å²) in [6.07, 6.45) is 11.4. The van der Waals surface area contributed by atoms with Gasteiger partial charge < -0.3 is 9.84 Å². The molecule has 0 spiro atoms. The Bertz CT molecular complexity index is 408. The average Bonchev–Trinajstić information content (AvgIpc) is 2.47. The second-order valence-electron chi connectivity index (χ2n) is 8.93. The van der Waals surface area contributed by atoms with Gasteiger partial charge in [0.1, 0.15) is 0 Å². The molecule has 1 heterocycles. The van der Waals surface area contributed by atoms with Crippen molar-refractivity contribution in [1.82, 2.24) is 0 Å². The molecule has 1 saturated heterocycles. The molecule has 0 amide bonds. The highest BCUT2D eigenvalue weighted by Gasteiger charge is 2.57. The first kappa shape index (κ1) is 14.5. The first-order chi connectivity index (χ1) is 10.0. The fourth-order valence-corrected chi connectivity index (χ4v) is 6.83. The molecule has 0 unspecified atom stereocenters. The van der Waals surface area contributed by atoms with Crippen LogP contribution in [0.5, 0.6) is 0 Å². The maximum atomic E-state index is 10.1. The van der Waals surface area contributed by atoms with E-state index in [1.54, 1.807) is 0 Å². The van der Waals surface area contributed by atoms with Crippen molar-refractivity contribution in [2.45, 2.75) is 83.3 Å². The summed E-state index contributed by atoms with van der Waals surface area (Å²) in [6, 6.07) is 0. The maximum absolute atomic E-state index is 10.1. The molecule has 0 aromatic rings. The van der Waals surface area contributed by atoms with Gasteiger partial charge in [0.05, 0.1) is 11.7 Å². The zero-order valence-corrected chi connectivity index (χ0v) is 13.8. The minimum atomic E-state index is -0.0218. The summed E-state index contributed by atoms with van der Waals surface area (Å²) < 4.78 is 6.26. The van der Waals surface area contributed by atoms with Gasteiger partial charge in [0.2, 0.25) is 0 Å². The molecule has 4 fully saturated rings. The standard InChI is InChI=1S/C19H32O2/c1-18-9-7-14(20)12-13(18)5-6-15-16(18)8-10-19(2)17(15)4-3-11-21-19/h13-17,20H,3-12H2,1-2H3/t13-,14-,15+,16-,17+,18+,19+/m0/s1. The van der Waals surface area contributed by atoms with Crippen molar-refractivity contribution in [3.63, 3.8) is 0 Å². The summed E-state index contributed by atoms with van der Waals surface area (Å²) in [5.41, 5.74) is 0.678. The summed E-state index contributed by atoms with van der Waals surface area (Å²) in [4.78, 5) is 0. The Hall–Kier alpha value is -0.0800. The Labute approximate surface area is 129 Å². The zero-order chi connectivity index (χ0) is 14.7. The van der Waals surface area contributed by atoms with Crippen LogP contribution in [0.15, 0.2) is 0 Å². The van der Waals surface area contributed by atoms with Crippen LogP contribution in [-0.4, -0.2) is 23.4 Å². The van der Waals surface area contributed by atoms with E-state index < -0.39 is 0 Å². The molecule has 0 aromatic carbocycles. The van der Waals surface area contributed by atoms with E-state index >= 15 is 0 Å². The second-order valence-corrected chi connectivity index (χ2v) is 8.93. The highest BCUT2D eigenvalue weighted by Crippen LogP contribution is 2.63. The van der Waals surface area contributed by atoms with Gasteiger partial charge in [0.15, 0.2) is 0 Å². The van der Waals surface area contributed by atoms with E-state index in [4.69, 9.17) is 4.74 Å². The molecule has 2 heteroatoms. The molecule has 1 aliphatic heterocycles. The third kappa shape index (κ3) is 2.12. The quantitative estimate of drug-likeness (QED) is 0.726. The van der Waals surface area contributed by atoms with Gasteiger partial charge in [-0.2, -0.15) is 0 Å². The molecule has 4 rings (SSSR count). The van der Waals surface area contributed by atoms with Gasteiger partial charge in [0.25, 0.3) is 0 Å². The summed E-state index contributed by atoms with van der Waals surface area (Å²) >= 11 is 0. The van der Waals surface area contributed by atoms with E-state index in [9.17, 15) is 5.11 Å². The van der Waals surface area contributed by atoms with Crippen molar-refractivity contribution in [3.8, 4) is 0 Å². The SMILES string of the molecule is C[C@@]12CC[C@H](O)C[C@@H]1CC[C@H]1[C@H]3CCCO[C@]3(C)CC[C@@H]12. The first-order valence-corrected chi connectivity index (χ1v) is 9.35. The lowest BCUT2D eigenvalue weighted by atomic mass is 9.46. The number of aliphatic hydroxyl groups excluding tert-OH is 1. The van der Waals surface area contributed by atoms with E-state index in [-0.39, 0.29) is 11.7 Å². The third-order valence-electron chi connectivity index (χ3n) is 8.06. The predicted molar refractivity (Wildman–Crippen MR) is 84.0 cm³/mol. The lowest BCUT2D eigenvalue weighted by Crippen LogP contribution is -2.58. The van der Waals surface area contributed by atoms with Crippen LogP contribution >= 0.6 is 0 Å². The summed E-state index contributed by atoms with van der Waals surface area (Å²) in [5, 5.41) is 10.1. The average molecular weight is 292 g/mol. The second kappa shape index (κ2) is 4.96. The molecule has 2 nitrogen and oxygen atoms in total. The van der Waals surface area contributed by atoms with Crippen LogP contribution in [0.4, 0.5) is 0 Å². The largest absolute Gasteiger partial charge is 0.393 e. The Morgan fingerprint density at radius 2 is 1.81 bits per heavy atom. The van der Waals surface area contributed by atoms with Crippen molar-refractivity contribution in [3.05, 3.63) is 0 Å². The smallest absolute Gasteiger partial charge is 0.0685 e. The van der Waals surface area contributed by atoms with Crippen LogP contribution in [0.2, 0.25) is 0 Å². The monoisotopic (exact) mass is 292 g/mol. The van der Waals surface area contributed by atoms with Crippen molar-refractivity contribution in [2.24, 2.45) is 29.1 Å². The minimum absolute atomic E-state index is 0.0218. The molecular formula is C19H32O2. The van der Waals surface area contributed by atoms with Crippen LogP contribution in [0.1, 0.15) is 71.6 Å². The minimum Gasteiger partial charge on any atom is -0.393 e. The van der Waals surface area contributed by atoms with E-state index in [1.807, 2.05) is 0 Å². The van der Waals surface area contributed by atoms with E-state index in [0.717, 1.165) is 43.1 Å². The lowest BCUT2D eigenvalue weighted by Gasteiger charge is -2.62. The van der Waals surface area contributed by atoms with Gasteiger partial charge in [-0.15, -0.1) is 0 Å². The Balaban J connectivity index is 1.61. The molecule has 1 N–H and O–H groups in total. The number of fused-ring (bicyclic) bond motifs is 5. The van der Waals surface area contributed by atoms with Crippen LogP contribution in [0.25, 0.3) is 0 Å². The fourth-order valence-electron chi connectivity index (χ4n) is 6.83. The highest BCUT2D eigenvalue weighted by molar-refractivity contribution is 5.07. The maximum Gasteiger partial charge on any atom is 0.0685 e. The van der Waals surface area contributed by atoms with Crippen LogP contribution < -0.4 is 0 Å². The zero-order valence-electron chi connectivity index (χ0n) is 13.8. The molecule has 7 atom stereocenters. The molecule has 0 radical (unpaired) electrons. The van der Waals surface area contributed by atoms with Crippen molar-refractivity contribution in [2.75, 3.05) is 6.61 Å². The summed E-state index contributed by atoms with van der Waals surface area (Å²) in [7, 11) is 0. The van der Waals surface area contributed by atoms with Gasteiger partial charge in [-0.1, -0.05) is 6.92 Å². The normalized spacial score (nSPS) is 57.0. The number of hydrogen-bond acceptors (Lipinski definition) is 2. The Morgan fingerprint density at radius 3 is 2.67 bits per heavy atom. The van der Waals surface area contributed by atoms with Crippen LogP contribution in [0, 0.1) is 29.1 Å². The molecule has 4 aliphatic rings. The van der Waals surface area contributed by atoms with Crippen molar-refractivity contribution < 1.29 is 9.84 Å². The first-order valence-electron chi connectivity index (χ1n) is 9.35. The van der Waals surface area contributed by atoms with E-state index in [0.29, 0.717) is 5.41 Å². The van der Waals surface area contributed by atoms with Gasteiger partial charge in [0, 0.05) is 6.61 Å². The van der Waals surface area contributed by atoms with Gasteiger partial charge in [-0.3, -0.25) is 0 Å².